The Labute approximate surface area is 65.3 Å². The molecule has 0 radical (unpaired) electrons. The molecular weight excluding hydrogens is 146 g/mol. The van der Waals surface area contributed by atoms with E-state index in [-0.39, 0.29) is 10.9 Å². The van der Waals surface area contributed by atoms with Gasteiger partial charge in [0, 0.05) is 25.0 Å². The van der Waals surface area contributed by atoms with E-state index >= 15 is 0 Å². The molecule has 0 fully saturated rings. The number of carbonyl (C=O) groups is 1. The van der Waals surface area contributed by atoms with E-state index in [9.17, 15) is 4.79 Å². The van der Waals surface area contributed by atoms with Crippen LogP contribution >= 0.6 is 0 Å². The van der Waals surface area contributed by atoms with Crippen molar-refractivity contribution >= 4 is 17.2 Å². The Hall–Kier alpha value is -0.440. The van der Waals surface area contributed by atoms with Crippen LogP contribution in [0.2, 0.25) is 0 Å². The fourth-order valence-corrected chi connectivity index (χ4v) is 1.10. The van der Waals surface area contributed by atoms with Gasteiger partial charge in [0.25, 0.3) is 0 Å². The van der Waals surface area contributed by atoms with E-state index in [4.69, 9.17) is 0 Å². The molecule has 3 heteroatoms. The van der Waals surface area contributed by atoms with Crippen molar-refractivity contribution in [1.29, 1.82) is 0 Å². The van der Waals surface area contributed by atoms with Gasteiger partial charge in [0.15, 0.2) is 6.29 Å². The van der Waals surface area contributed by atoms with Gasteiger partial charge in [-0.15, -0.1) is 0 Å². The first-order valence-electron chi connectivity index (χ1n) is 2.99. The molecule has 0 spiro atoms. The fourth-order valence-electron chi connectivity index (χ4n) is 0.487. The maximum atomic E-state index is 10.4. The zero-order valence-corrected chi connectivity index (χ0v) is 7.73. The van der Waals surface area contributed by atoms with E-state index in [1.807, 2.05) is 37.7 Å². The lowest BCUT2D eigenvalue weighted by Crippen LogP contribution is -2.08. The highest BCUT2D eigenvalue weighted by Gasteiger charge is 2.10. The topological polar surface area (TPSA) is 20.3 Å². The maximum Gasteiger partial charge on any atom is 0.209 e. The van der Waals surface area contributed by atoms with Crippen molar-refractivity contribution in [3.05, 3.63) is 11.1 Å². The SMILES string of the molecule is CN(C)C=C(C=O)[S+](C)C. The van der Waals surface area contributed by atoms with Crippen molar-refractivity contribution in [3.63, 3.8) is 0 Å². The van der Waals surface area contributed by atoms with Crippen LogP contribution in [0.3, 0.4) is 0 Å². The van der Waals surface area contributed by atoms with Gasteiger partial charge in [-0.25, -0.2) is 0 Å². The largest absolute Gasteiger partial charge is 0.379 e. The molecule has 0 atom stereocenters. The molecule has 0 amide bonds. The molecule has 0 aliphatic rings. The van der Waals surface area contributed by atoms with E-state index < -0.39 is 0 Å². The third-order valence-electron chi connectivity index (χ3n) is 0.973. The zero-order valence-electron chi connectivity index (χ0n) is 6.92. The number of aldehydes is 1. The normalized spacial score (nSPS) is 11.9. The summed E-state index contributed by atoms with van der Waals surface area (Å²) >= 11 is 0. The zero-order chi connectivity index (χ0) is 8.15. The second-order valence-electron chi connectivity index (χ2n) is 2.43. The summed E-state index contributed by atoms with van der Waals surface area (Å²) in [5, 5.41) is 0. The van der Waals surface area contributed by atoms with Crippen LogP contribution in [0.4, 0.5) is 0 Å². The Morgan fingerprint density at radius 1 is 1.40 bits per heavy atom. The quantitative estimate of drug-likeness (QED) is 0.340. The van der Waals surface area contributed by atoms with Crippen molar-refractivity contribution in [2.24, 2.45) is 0 Å². The second kappa shape index (κ2) is 4.39. The predicted molar refractivity (Wildman–Crippen MR) is 47.0 cm³/mol. The molecule has 0 aromatic carbocycles. The first-order valence-corrected chi connectivity index (χ1v) is 5.03. The van der Waals surface area contributed by atoms with Crippen molar-refractivity contribution in [2.45, 2.75) is 0 Å². The van der Waals surface area contributed by atoms with Crippen molar-refractivity contribution in [1.82, 2.24) is 4.90 Å². The molecule has 0 unspecified atom stereocenters. The van der Waals surface area contributed by atoms with Crippen LogP contribution in [0, 0.1) is 0 Å². The lowest BCUT2D eigenvalue weighted by Gasteiger charge is -2.03. The maximum absolute atomic E-state index is 10.4. The van der Waals surface area contributed by atoms with Crippen molar-refractivity contribution in [3.8, 4) is 0 Å². The lowest BCUT2D eigenvalue weighted by molar-refractivity contribution is -0.104. The molecule has 58 valence electrons. The lowest BCUT2D eigenvalue weighted by atomic mass is 10.6. The molecule has 0 aliphatic carbocycles. The number of hydrogen-bond acceptors (Lipinski definition) is 2. The Morgan fingerprint density at radius 2 is 1.90 bits per heavy atom. The van der Waals surface area contributed by atoms with Crippen molar-refractivity contribution in [2.75, 3.05) is 26.6 Å². The minimum atomic E-state index is 0.0774. The molecule has 0 N–H and O–H groups in total. The summed E-state index contributed by atoms with van der Waals surface area (Å²) in [6.45, 7) is 0. The van der Waals surface area contributed by atoms with Crippen LogP contribution in [-0.4, -0.2) is 37.8 Å². The smallest absolute Gasteiger partial charge is 0.209 e. The highest BCUT2D eigenvalue weighted by molar-refractivity contribution is 8.00. The molecule has 0 aromatic rings. The highest BCUT2D eigenvalue weighted by atomic mass is 32.2. The number of carbonyl (C=O) groups excluding carboxylic acids is 1. The number of allylic oxidation sites excluding steroid dienone is 1. The van der Waals surface area contributed by atoms with E-state index in [0.29, 0.717) is 0 Å². The molecule has 10 heavy (non-hydrogen) atoms. The van der Waals surface area contributed by atoms with E-state index in [1.54, 1.807) is 0 Å². The monoisotopic (exact) mass is 160 g/mol. The third-order valence-corrected chi connectivity index (χ3v) is 2.12. The average molecular weight is 160 g/mol. The van der Waals surface area contributed by atoms with Gasteiger partial charge in [-0.3, -0.25) is 4.79 Å². The highest BCUT2D eigenvalue weighted by Crippen LogP contribution is 2.00. The van der Waals surface area contributed by atoms with Crippen LogP contribution in [-0.2, 0) is 15.7 Å². The first kappa shape index (κ1) is 9.56. The summed E-state index contributed by atoms with van der Waals surface area (Å²) in [6, 6.07) is 0. The minimum absolute atomic E-state index is 0.0774. The summed E-state index contributed by atoms with van der Waals surface area (Å²) in [4.78, 5) is 13.1. The number of nitrogens with zero attached hydrogens (tertiary/aromatic N) is 1. The van der Waals surface area contributed by atoms with Crippen LogP contribution in [0.25, 0.3) is 0 Å². The number of hydrogen-bond donors (Lipinski definition) is 0. The Kier molecular flexibility index (Phi) is 4.19. The molecule has 0 rings (SSSR count). The Balaban J connectivity index is 4.18. The van der Waals surface area contributed by atoms with E-state index in [1.165, 1.54) is 0 Å². The molecule has 0 aliphatic heterocycles. The van der Waals surface area contributed by atoms with Crippen LogP contribution in [0.15, 0.2) is 11.1 Å². The average Bonchev–Trinajstić information content (AvgIpc) is 1.81. The van der Waals surface area contributed by atoms with Gasteiger partial charge in [0.05, 0.1) is 6.20 Å². The van der Waals surface area contributed by atoms with Gasteiger partial charge in [-0.2, -0.15) is 0 Å². The van der Waals surface area contributed by atoms with Crippen LogP contribution < -0.4 is 0 Å². The Bertz CT molecular complexity index is 141. The first-order chi connectivity index (χ1) is 4.57. The summed E-state index contributed by atoms with van der Waals surface area (Å²) in [5.41, 5.74) is 0. The van der Waals surface area contributed by atoms with Crippen LogP contribution in [0.1, 0.15) is 0 Å². The minimum Gasteiger partial charge on any atom is -0.379 e. The summed E-state index contributed by atoms with van der Waals surface area (Å²) in [5.74, 6) is 0. The summed E-state index contributed by atoms with van der Waals surface area (Å²) in [6.07, 6.45) is 6.84. The predicted octanol–water partition coefficient (Wildman–Crippen LogP) is 0.466. The van der Waals surface area contributed by atoms with Gasteiger partial charge in [0.2, 0.25) is 4.91 Å². The number of rotatable bonds is 3. The van der Waals surface area contributed by atoms with Gasteiger partial charge in [-0.1, -0.05) is 0 Å². The third kappa shape index (κ3) is 3.56. The Morgan fingerprint density at radius 3 is 2.00 bits per heavy atom. The van der Waals surface area contributed by atoms with Gasteiger partial charge in [0.1, 0.15) is 12.5 Å². The molecule has 0 saturated heterocycles. The molecule has 2 nitrogen and oxygen atoms in total. The van der Waals surface area contributed by atoms with Crippen molar-refractivity contribution < 1.29 is 4.79 Å². The molecule has 0 aromatic heterocycles. The summed E-state index contributed by atoms with van der Waals surface area (Å²) < 4.78 is 0. The molecular formula is C7H14NOS+. The summed E-state index contributed by atoms with van der Waals surface area (Å²) in [7, 11) is 3.90. The van der Waals surface area contributed by atoms with E-state index in [2.05, 4.69) is 0 Å². The van der Waals surface area contributed by atoms with Gasteiger partial charge < -0.3 is 4.90 Å². The van der Waals surface area contributed by atoms with E-state index in [0.717, 1.165) is 11.2 Å². The molecule has 0 heterocycles. The van der Waals surface area contributed by atoms with Crippen LogP contribution in [0.5, 0.6) is 0 Å². The standard InChI is InChI=1S/C7H14NOS/c1-8(2)5-7(6-9)10(3)4/h5-6H,1-4H3/q+1. The van der Waals surface area contributed by atoms with Gasteiger partial charge in [-0.05, 0) is 0 Å². The molecule has 0 bridgehead atoms. The fraction of sp³-hybridized carbons (Fsp3) is 0.571. The second-order valence-corrected chi connectivity index (χ2v) is 4.53. The molecule has 0 saturated carbocycles. The van der Waals surface area contributed by atoms with Gasteiger partial charge >= 0.3 is 0 Å².